The molecule has 1 aromatic rings. The van der Waals surface area contributed by atoms with E-state index in [0.29, 0.717) is 24.0 Å². The molecule has 1 amide bonds. The number of alkyl halides is 1. The molecule has 92 valence electrons. The lowest BCUT2D eigenvalue weighted by Crippen LogP contribution is -2.14. The van der Waals surface area contributed by atoms with Crippen LogP contribution in [0.1, 0.15) is 12.8 Å². The van der Waals surface area contributed by atoms with E-state index in [1.807, 2.05) is 0 Å². The molecule has 0 spiro atoms. The minimum absolute atomic E-state index is 0.139. The van der Waals surface area contributed by atoms with Crippen LogP contribution in [-0.4, -0.2) is 18.4 Å². The molecule has 1 aromatic carbocycles. The van der Waals surface area contributed by atoms with E-state index < -0.39 is 0 Å². The van der Waals surface area contributed by atoms with Gasteiger partial charge in [0, 0.05) is 6.07 Å². The molecule has 2 rings (SSSR count). The average Bonchev–Trinajstić information content (AvgIpc) is 3.13. The maximum Gasteiger partial charge on any atom is 0.239 e. The number of anilines is 1. The van der Waals surface area contributed by atoms with Crippen molar-refractivity contribution in [2.24, 2.45) is 5.92 Å². The van der Waals surface area contributed by atoms with Gasteiger partial charge in [0.1, 0.15) is 17.4 Å². The van der Waals surface area contributed by atoms with Crippen molar-refractivity contribution < 1.29 is 13.9 Å². The molecule has 0 atom stereocenters. The van der Waals surface area contributed by atoms with Gasteiger partial charge in [0.15, 0.2) is 0 Å². The third-order valence-corrected chi connectivity index (χ3v) is 2.75. The van der Waals surface area contributed by atoms with Crippen molar-refractivity contribution in [1.82, 2.24) is 0 Å². The number of rotatable bonds is 5. The standard InChI is InChI=1S/C12H13ClFNO2/c13-6-12(16)15-10-4-3-9(14)5-11(10)17-7-8-1-2-8/h3-5,8H,1-2,6-7H2,(H,15,16). The van der Waals surface area contributed by atoms with Gasteiger partial charge in [-0.05, 0) is 30.9 Å². The Balaban J connectivity index is 2.08. The molecule has 0 saturated heterocycles. The van der Waals surface area contributed by atoms with Crippen LogP contribution in [0.3, 0.4) is 0 Å². The monoisotopic (exact) mass is 257 g/mol. The van der Waals surface area contributed by atoms with Gasteiger partial charge in [0.2, 0.25) is 5.91 Å². The molecular weight excluding hydrogens is 245 g/mol. The highest BCUT2D eigenvalue weighted by Crippen LogP contribution is 2.32. The second-order valence-electron chi connectivity index (χ2n) is 4.08. The Hall–Kier alpha value is -1.29. The van der Waals surface area contributed by atoms with Crippen LogP contribution >= 0.6 is 11.6 Å². The topological polar surface area (TPSA) is 38.3 Å². The summed E-state index contributed by atoms with van der Waals surface area (Å²) in [6.45, 7) is 0.563. The summed E-state index contributed by atoms with van der Waals surface area (Å²) in [5.41, 5.74) is 0.456. The molecule has 0 heterocycles. The molecular formula is C12H13ClFNO2. The van der Waals surface area contributed by atoms with E-state index >= 15 is 0 Å². The van der Waals surface area contributed by atoms with Crippen LogP contribution in [0.5, 0.6) is 5.75 Å². The first-order valence-electron chi connectivity index (χ1n) is 5.47. The van der Waals surface area contributed by atoms with Crippen molar-refractivity contribution in [3.05, 3.63) is 24.0 Å². The number of ether oxygens (including phenoxy) is 1. The quantitative estimate of drug-likeness (QED) is 0.824. The van der Waals surface area contributed by atoms with Crippen LogP contribution in [-0.2, 0) is 4.79 Å². The Kier molecular flexibility index (Phi) is 3.84. The van der Waals surface area contributed by atoms with Crippen LogP contribution in [0.2, 0.25) is 0 Å². The Morgan fingerprint density at radius 3 is 2.94 bits per heavy atom. The molecule has 0 aromatic heterocycles. The van der Waals surface area contributed by atoms with E-state index in [0.717, 1.165) is 12.8 Å². The zero-order valence-electron chi connectivity index (χ0n) is 9.21. The van der Waals surface area contributed by atoms with Gasteiger partial charge in [-0.3, -0.25) is 4.79 Å². The summed E-state index contributed by atoms with van der Waals surface area (Å²) in [6, 6.07) is 4.02. The smallest absolute Gasteiger partial charge is 0.239 e. The van der Waals surface area contributed by atoms with Crippen LogP contribution in [0.4, 0.5) is 10.1 Å². The van der Waals surface area contributed by atoms with Crippen molar-refractivity contribution in [2.75, 3.05) is 17.8 Å². The number of hydrogen-bond acceptors (Lipinski definition) is 2. The predicted octanol–water partition coefficient (Wildman–Crippen LogP) is 2.79. The summed E-state index contributed by atoms with van der Waals surface area (Å²) in [4.78, 5) is 11.2. The number of hydrogen-bond donors (Lipinski definition) is 1. The molecule has 17 heavy (non-hydrogen) atoms. The molecule has 0 unspecified atom stereocenters. The molecule has 1 N–H and O–H groups in total. The fourth-order valence-electron chi connectivity index (χ4n) is 1.39. The first-order chi connectivity index (χ1) is 8.19. The molecule has 5 heteroatoms. The normalized spacial score (nSPS) is 14.5. The maximum absolute atomic E-state index is 13.1. The van der Waals surface area contributed by atoms with Gasteiger partial charge in [-0.2, -0.15) is 0 Å². The van der Waals surface area contributed by atoms with E-state index in [1.165, 1.54) is 18.2 Å². The minimum atomic E-state index is -0.389. The second-order valence-corrected chi connectivity index (χ2v) is 4.34. The van der Waals surface area contributed by atoms with Gasteiger partial charge < -0.3 is 10.1 Å². The van der Waals surface area contributed by atoms with E-state index in [-0.39, 0.29) is 17.6 Å². The summed E-state index contributed by atoms with van der Waals surface area (Å²) in [5.74, 6) is 0.0545. The van der Waals surface area contributed by atoms with Crippen molar-refractivity contribution in [3.8, 4) is 5.75 Å². The zero-order chi connectivity index (χ0) is 12.3. The predicted molar refractivity (Wildman–Crippen MR) is 64.0 cm³/mol. The number of carbonyl (C=O) groups is 1. The molecule has 1 aliphatic carbocycles. The largest absolute Gasteiger partial charge is 0.491 e. The molecule has 1 aliphatic rings. The minimum Gasteiger partial charge on any atom is -0.491 e. The molecule has 1 fully saturated rings. The summed E-state index contributed by atoms with van der Waals surface area (Å²) in [7, 11) is 0. The maximum atomic E-state index is 13.1. The van der Waals surface area contributed by atoms with Crippen molar-refractivity contribution in [3.63, 3.8) is 0 Å². The highest BCUT2D eigenvalue weighted by Gasteiger charge is 2.22. The van der Waals surface area contributed by atoms with Gasteiger partial charge in [0.25, 0.3) is 0 Å². The lowest BCUT2D eigenvalue weighted by atomic mass is 10.2. The number of halogens is 2. The van der Waals surface area contributed by atoms with Crippen LogP contribution in [0, 0.1) is 11.7 Å². The third kappa shape index (κ3) is 3.60. The summed E-state index contributed by atoms with van der Waals surface area (Å²) < 4.78 is 18.6. The zero-order valence-corrected chi connectivity index (χ0v) is 9.97. The highest BCUT2D eigenvalue weighted by molar-refractivity contribution is 6.29. The van der Waals surface area contributed by atoms with E-state index in [2.05, 4.69) is 5.32 Å². The van der Waals surface area contributed by atoms with Gasteiger partial charge in [-0.15, -0.1) is 11.6 Å². The van der Waals surface area contributed by atoms with Crippen molar-refractivity contribution in [1.29, 1.82) is 0 Å². The lowest BCUT2D eigenvalue weighted by molar-refractivity contribution is -0.113. The first kappa shape index (κ1) is 12.2. The van der Waals surface area contributed by atoms with E-state index in [4.69, 9.17) is 16.3 Å². The second kappa shape index (κ2) is 5.36. The third-order valence-electron chi connectivity index (χ3n) is 2.51. The molecule has 0 aliphatic heterocycles. The van der Waals surface area contributed by atoms with Crippen LogP contribution in [0.15, 0.2) is 18.2 Å². The Labute approximate surface area is 104 Å². The molecule has 3 nitrogen and oxygen atoms in total. The SMILES string of the molecule is O=C(CCl)Nc1ccc(F)cc1OCC1CC1. The molecule has 1 saturated carbocycles. The van der Waals surface area contributed by atoms with Gasteiger partial charge in [-0.25, -0.2) is 4.39 Å². The van der Waals surface area contributed by atoms with E-state index in [1.54, 1.807) is 0 Å². The van der Waals surface area contributed by atoms with E-state index in [9.17, 15) is 9.18 Å². The Bertz CT molecular complexity index is 421. The Morgan fingerprint density at radius 2 is 2.29 bits per heavy atom. The van der Waals surface area contributed by atoms with Crippen LogP contribution < -0.4 is 10.1 Å². The van der Waals surface area contributed by atoms with Crippen molar-refractivity contribution in [2.45, 2.75) is 12.8 Å². The highest BCUT2D eigenvalue weighted by atomic mass is 35.5. The van der Waals surface area contributed by atoms with Crippen LogP contribution in [0.25, 0.3) is 0 Å². The van der Waals surface area contributed by atoms with Gasteiger partial charge >= 0.3 is 0 Å². The lowest BCUT2D eigenvalue weighted by Gasteiger charge is -2.11. The number of benzene rings is 1. The van der Waals surface area contributed by atoms with Crippen molar-refractivity contribution >= 4 is 23.2 Å². The fourth-order valence-corrected chi connectivity index (χ4v) is 1.46. The molecule has 0 bridgehead atoms. The first-order valence-corrected chi connectivity index (χ1v) is 6.00. The number of nitrogens with one attached hydrogen (secondary N) is 1. The molecule has 0 radical (unpaired) electrons. The number of carbonyl (C=O) groups excluding carboxylic acids is 1. The number of amides is 1. The summed E-state index contributed by atoms with van der Waals surface area (Å²) in [6.07, 6.45) is 2.30. The van der Waals surface area contributed by atoms with Gasteiger partial charge in [-0.1, -0.05) is 0 Å². The summed E-state index contributed by atoms with van der Waals surface area (Å²) >= 11 is 5.40. The summed E-state index contributed by atoms with van der Waals surface area (Å²) in [5, 5.41) is 2.57. The average molecular weight is 258 g/mol. The van der Waals surface area contributed by atoms with Gasteiger partial charge in [0.05, 0.1) is 12.3 Å². The Morgan fingerprint density at radius 1 is 1.53 bits per heavy atom. The fraction of sp³-hybridized carbons (Fsp3) is 0.417.